The summed E-state index contributed by atoms with van der Waals surface area (Å²) in [4.78, 5) is 4.57. The number of amidine groups is 1. The Morgan fingerprint density at radius 1 is 1.39 bits per heavy atom. The molecule has 2 rings (SSSR count). The van der Waals surface area contributed by atoms with Gasteiger partial charge in [0.2, 0.25) is 0 Å². The van der Waals surface area contributed by atoms with Crippen LogP contribution in [0.5, 0.6) is 0 Å². The van der Waals surface area contributed by atoms with Gasteiger partial charge in [0.1, 0.15) is 5.84 Å². The van der Waals surface area contributed by atoms with E-state index in [1.165, 1.54) is 0 Å². The van der Waals surface area contributed by atoms with Gasteiger partial charge in [0.05, 0.1) is 11.4 Å². The molecule has 6 heteroatoms. The maximum absolute atomic E-state index is 11.8. The molecule has 0 fully saturated rings. The Balaban J connectivity index is 2.25. The Bertz CT molecular complexity index is 566. The lowest BCUT2D eigenvalue weighted by Gasteiger charge is -2.06. The second kappa shape index (κ2) is 5.07. The number of hydrogen-bond acceptors (Lipinski definition) is 4. The summed E-state index contributed by atoms with van der Waals surface area (Å²) >= 11 is 0. The highest BCUT2D eigenvalue weighted by Gasteiger charge is 2.29. The molecule has 5 nitrogen and oxygen atoms in total. The first-order valence-electron chi connectivity index (χ1n) is 5.97. The number of nitrogens with one attached hydrogen (secondary N) is 1. The molecular weight excluding hydrogens is 250 g/mol. The average molecular weight is 267 g/mol. The Kier molecular flexibility index (Phi) is 3.68. The lowest BCUT2D eigenvalue weighted by Crippen LogP contribution is -2.27. The summed E-state index contributed by atoms with van der Waals surface area (Å²) in [5, 5.41) is 0. The van der Waals surface area contributed by atoms with Gasteiger partial charge in [-0.1, -0.05) is 25.5 Å². The minimum absolute atomic E-state index is 0.0280. The highest BCUT2D eigenvalue weighted by molar-refractivity contribution is 7.90. The monoisotopic (exact) mass is 267 g/mol. The number of fused-ring (bicyclic) bond motifs is 1. The molecule has 0 saturated carbocycles. The van der Waals surface area contributed by atoms with Crippen LogP contribution in [0.1, 0.15) is 25.3 Å². The minimum Gasteiger partial charge on any atom is -0.326 e. The first kappa shape index (κ1) is 13.0. The fourth-order valence-electron chi connectivity index (χ4n) is 1.92. The molecular formula is C12H17N3O2S. The van der Waals surface area contributed by atoms with Crippen LogP contribution in [0.25, 0.3) is 0 Å². The van der Waals surface area contributed by atoms with Gasteiger partial charge < -0.3 is 5.73 Å². The quantitative estimate of drug-likeness (QED) is 0.848. The molecule has 0 bridgehead atoms. The van der Waals surface area contributed by atoms with E-state index in [-0.39, 0.29) is 10.9 Å². The zero-order chi connectivity index (χ0) is 13.2. The number of aliphatic imine (C=N–C) groups is 1. The third-order valence-electron chi connectivity index (χ3n) is 2.81. The predicted molar refractivity (Wildman–Crippen MR) is 71.1 cm³/mol. The van der Waals surface area contributed by atoms with Gasteiger partial charge in [0.25, 0.3) is 10.0 Å². The Morgan fingerprint density at radius 3 is 2.83 bits per heavy atom. The van der Waals surface area contributed by atoms with Crippen molar-refractivity contribution < 1.29 is 8.42 Å². The fraction of sp³-hybridized carbons (Fsp3) is 0.417. The maximum Gasteiger partial charge on any atom is 0.263 e. The molecule has 0 aromatic heterocycles. The maximum atomic E-state index is 11.8. The molecule has 1 aromatic rings. The third-order valence-corrected chi connectivity index (χ3v) is 4.20. The van der Waals surface area contributed by atoms with E-state index in [0.717, 1.165) is 12.8 Å². The molecule has 0 spiro atoms. The van der Waals surface area contributed by atoms with Crippen LogP contribution in [-0.2, 0) is 10.0 Å². The number of rotatable bonds is 4. The zero-order valence-corrected chi connectivity index (χ0v) is 11.1. The topological polar surface area (TPSA) is 84.5 Å². The van der Waals surface area contributed by atoms with Crippen LogP contribution in [0.4, 0.5) is 0 Å². The number of nitrogens with zero attached hydrogens (tertiary/aromatic N) is 1. The van der Waals surface area contributed by atoms with Crippen molar-refractivity contribution in [3.05, 3.63) is 29.8 Å². The van der Waals surface area contributed by atoms with E-state index in [1.54, 1.807) is 24.3 Å². The molecule has 0 amide bonds. The van der Waals surface area contributed by atoms with Crippen molar-refractivity contribution in [2.24, 2.45) is 10.7 Å². The van der Waals surface area contributed by atoms with E-state index in [1.807, 2.05) is 0 Å². The molecule has 98 valence electrons. The highest BCUT2D eigenvalue weighted by Crippen LogP contribution is 2.22. The van der Waals surface area contributed by atoms with Gasteiger partial charge in [0.15, 0.2) is 0 Å². The predicted octanol–water partition coefficient (Wildman–Crippen LogP) is 0.852. The van der Waals surface area contributed by atoms with E-state index >= 15 is 0 Å². The van der Waals surface area contributed by atoms with E-state index in [9.17, 15) is 8.42 Å². The standard InChI is InChI=1S/C12H17N3O2S/c1-2-5-9(13)8-14-12-10-6-3-4-7-11(10)18(16,17)15-12/h3-4,6-7,9H,2,5,8,13H2,1H3,(H,14,15). The lowest BCUT2D eigenvalue weighted by atomic mass is 10.2. The summed E-state index contributed by atoms with van der Waals surface area (Å²) in [7, 11) is -3.44. The first-order valence-corrected chi connectivity index (χ1v) is 7.45. The smallest absolute Gasteiger partial charge is 0.263 e. The van der Waals surface area contributed by atoms with Gasteiger partial charge in [0, 0.05) is 11.6 Å². The van der Waals surface area contributed by atoms with Crippen LogP contribution in [-0.4, -0.2) is 26.8 Å². The summed E-state index contributed by atoms with van der Waals surface area (Å²) in [5.41, 5.74) is 6.49. The van der Waals surface area contributed by atoms with Gasteiger partial charge in [-0.15, -0.1) is 0 Å². The average Bonchev–Trinajstić information content (AvgIpc) is 2.60. The summed E-state index contributed by atoms with van der Waals surface area (Å²) in [6.45, 7) is 2.49. The van der Waals surface area contributed by atoms with E-state index < -0.39 is 10.0 Å². The van der Waals surface area contributed by atoms with Crippen LogP contribution in [0.15, 0.2) is 34.2 Å². The molecule has 1 aromatic carbocycles. The Labute approximate surface area is 107 Å². The van der Waals surface area contributed by atoms with Crippen molar-refractivity contribution in [2.75, 3.05) is 6.54 Å². The third kappa shape index (κ3) is 2.54. The van der Waals surface area contributed by atoms with Crippen molar-refractivity contribution in [3.8, 4) is 0 Å². The summed E-state index contributed by atoms with van der Waals surface area (Å²) in [6, 6.07) is 6.79. The van der Waals surface area contributed by atoms with Crippen molar-refractivity contribution >= 4 is 15.9 Å². The lowest BCUT2D eigenvalue weighted by molar-refractivity contribution is 0.594. The first-order chi connectivity index (χ1) is 8.54. The minimum atomic E-state index is -3.44. The molecule has 0 radical (unpaired) electrons. The molecule has 0 saturated heterocycles. The van der Waals surface area contributed by atoms with Gasteiger partial charge >= 0.3 is 0 Å². The van der Waals surface area contributed by atoms with Crippen LogP contribution in [0.2, 0.25) is 0 Å². The largest absolute Gasteiger partial charge is 0.326 e. The van der Waals surface area contributed by atoms with Crippen LogP contribution >= 0.6 is 0 Å². The van der Waals surface area contributed by atoms with Crippen molar-refractivity contribution in [1.82, 2.24) is 4.72 Å². The van der Waals surface area contributed by atoms with E-state index in [0.29, 0.717) is 17.9 Å². The van der Waals surface area contributed by atoms with Crippen LogP contribution < -0.4 is 10.5 Å². The van der Waals surface area contributed by atoms with E-state index in [4.69, 9.17) is 5.73 Å². The zero-order valence-electron chi connectivity index (χ0n) is 10.3. The molecule has 1 unspecified atom stereocenters. The Morgan fingerprint density at radius 2 is 2.11 bits per heavy atom. The molecule has 3 N–H and O–H groups in total. The second-order valence-corrected chi connectivity index (χ2v) is 5.99. The molecule has 18 heavy (non-hydrogen) atoms. The van der Waals surface area contributed by atoms with Crippen LogP contribution in [0, 0.1) is 0 Å². The Hall–Kier alpha value is -1.40. The van der Waals surface area contributed by atoms with Crippen molar-refractivity contribution in [2.45, 2.75) is 30.7 Å². The van der Waals surface area contributed by atoms with Crippen molar-refractivity contribution in [1.29, 1.82) is 0 Å². The van der Waals surface area contributed by atoms with Gasteiger partial charge in [-0.3, -0.25) is 9.71 Å². The summed E-state index contributed by atoms with van der Waals surface area (Å²) < 4.78 is 26.1. The number of benzene rings is 1. The molecule has 1 aliphatic heterocycles. The summed E-state index contributed by atoms with van der Waals surface area (Å²) in [5.74, 6) is 0.400. The fourth-order valence-corrected chi connectivity index (χ4v) is 3.17. The SMILES string of the molecule is CCCC(N)CN=C1NS(=O)(=O)c2ccccc21. The molecule has 1 atom stereocenters. The summed E-state index contributed by atoms with van der Waals surface area (Å²) in [6.07, 6.45) is 1.87. The van der Waals surface area contributed by atoms with Crippen LogP contribution in [0.3, 0.4) is 0 Å². The normalized spacial score (nSPS) is 20.4. The molecule has 1 aliphatic rings. The van der Waals surface area contributed by atoms with Gasteiger partial charge in [-0.2, -0.15) is 0 Å². The van der Waals surface area contributed by atoms with E-state index in [2.05, 4.69) is 16.6 Å². The molecule has 0 aliphatic carbocycles. The van der Waals surface area contributed by atoms with Gasteiger partial charge in [-0.25, -0.2) is 8.42 Å². The highest BCUT2D eigenvalue weighted by atomic mass is 32.2. The molecule has 1 heterocycles. The number of nitrogens with two attached hydrogens (primary N) is 1. The number of hydrogen-bond donors (Lipinski definition) is 2. The van der Waals surface area contributed by atoms with Gasteiger partial charge in [-0.05, 0) is 18.6 Å². The second-order valence-electron chi connectivity index (χ2n) is 4.34. The van der Waals surface area contributed by atoms with Crippen molar-refractivity contribution in [3.63, 3.8) is 0 Å². The number of sulfonamides is 1.